The van der Waals surface area contributed by atoms with Crippen molar-refractivity contribution in [2.24, 2.45) is 10.7 Å². The van der Waals surface area contributed by atoms with E-state index in [-0.39, 0.29) is 6.73 Å². The number of hydrogen-bond acceptors (Lipinski definition) is 3. The molecule has 0 bridgehead atoms. The van der Waals surface area contributed by atoms with Gasteiger partial charge < -0.3 is 5.73 Å². The van der Waals surface area contributed by atoms with E-state index in [1.54, 1.807) is 0 Å². The highest BCUT2D eigenvalue weighted by molar-refractivity contribution is 5.97. The zero-order valence-electron chi connectivity index (χ0n) is 9.06. The number of aryl methyl sites for hydroxylation is 1. The summed E-state index contributed by atoms with van der Waals surface area (Å²) in [6.45, 7) is 4.47. The van der Waals surface area contributed by atoms with Crippen LogP contribution in [0.15, 0.2) is 29.3 Å². The molecule has 0 saturated carbocycles. The fourth-order valence-corrected chi connectivity index (χ4v) is 1.11. The number of nitrogens with two attached hydrogens (primary N) is 1. The topological polar surface area (TPSA) is 56.8 Å². The van der Waals surface area contributed by atoms with E-state index in [4.69, 9.17) is 10.6 Å². The van der Waals surface area contributed by atoms with Crippen LogP contribution in [0.4, 0.5) is 0 Å². The van der Waals surface area contributed by atoms with Crippen molar-refractivity contribution in [3.63, 3.8) is 0 Å². The number of aliphatic imine (C=N–C) groups is 1. The molecule has 82 valence electrons. The Morgan fingerprint density at radius 2 is 2.20 bits per heavy atom. The summed E-state index contributed by atoms with van der Waals surface area (Å²) in [5.41, 5.74) is 7.81. The van der Waals surface area contributed by atoms with Crippen molar-refractivity contribution in [3.05, 3.63) is 35.4 Å². The fourth-order valence-electron chi connectivity index (χ4n) is 1.11. The molecule has 0 heterocycles. The number of benzene rings is 1. The fraction of sp³-hybridized carbons (Fsp3) is 0.364. The monoisotopic (exact) mass is 208 g/mol. The number of rotatable bonds is 5. The summed E-state index contributed by atoms with van der Waals surface area (Å²) in [6.07, 6.45) is 0. The molecule has 0 radical (unpaired) electrons. The lowest BCUT2D eigenvalue weighted by atomic mass is 10.1. The molecule has 2 N–H and O–H groups in total. The van der Waals surface area contributed by atoms with Crippen LogP contribution in [0.25, 0.3) is 0 Å². The predicted octanol–water partition coefficient (Wildman–Crippen LogP) is 1.63. The van der Waals surface area contributed by atoms with Crippen LogP contribution < -0.4 is 5.73 Å². The summed E-state index contributed by atoms with van der Waals surface area (Å²) in [4.78, 5) is 13.4. The third-order valence-electron chi connectivity index (χ3n) is 1.80. The zero-order chi connectivity index (χ0) is 11.1. The van der Waals surface area contributed by atoms with Gasteiger partial charge in [0, 0.05) is 5.56 Å². The van der Waals surface area contributed by atoms with Gasteiger partial charge in [0.15, 0.2) is 6.73 Å². The third kappa shape index (κ3) is 4.10. The average Bonchev–Trinajstić information content (AvgIpc) is 2.24. The molecule has 0 aliphatic heterocycles. The predicted molar refractivity (Wildman–Crippen MR) is 59.5 cm³/mol. The molecular weight excluding hydrogens is 192 g/mol. The molecule has 4 nitrogen and oxygen atoms in total. The number of nitrogens with zero attached hydrogens (tertiary/aromatic N) is 1. The van der Waals surface area contributed by atoms with Gasteiger partial charge in [-0.05, 0) is 19.9 Å². The Morgan fingerprint density at radius 3 is 2.87 bits per heavy atom. The molecule has 4 heteroatoms. The molecule has 15 heavy (non-hydrogen) atoms. The zero-order valence-corrected chi connectivity index (χ0v) is 9.06. The maximum atomic E-state index is 5.76. The minimum atomic E-state index is 0.119. The Labute approximate surface area is 89.6 Å². The SMILES string of the molecule is CCOOCN=C(N)c1cccc(C)c1. The normalized spacial score (nSPS) is 11.7. The first-order valence-electron chi connectivity index (χ1n) is 4.85. The van der Waals surface area contributed by atoms with Gasteiger partial charge in [0.2, 0.25) is 0 Å². The molecule has 1 aromatic rings. The van der Waals surface area contributed by atoms with Gasteiger partial charge in [-0.3, -0.25) is 0 Å². The van der Waals surface area contributed by atoms with E-state index in [1.165, 1.54) is 0 Å². The Morgan fingerprint density at radius 1 is 1.40 bits per heavy atom. The Bertz CT molecular complexity index is 337. The first-order valence-corrected chi connectivity index (χ1v) is 4.85. The first-order chi connectivity index (χ1) is 7.24. The Kier molecular flexibility index (Phi) is 4.80. The summed E-state index contributed by atoms with van der Waals surface area (Å²) in [6, 6.07) is 7.83. The first kappa shape index (κ1) is 11.7. The van der Waals surface area contributed by atoms with Crippen molar-refractivity contribution in [2.45, 2.75) is 13.8 Å². The van der Waals surface area contributed by atoms with Crippen molar-refractivity contribution >= 4 is 5.84 Å². The second-order valence-corrected chi connectivity index (χ2v) is 3.07. The highest BCUT2D eigenvalue weighted by atomic mass is 17.2. The van der Waals surface area contributed by atoms with Gasteiger partial charge >= 0.3 is 0 Å². The number of amidine groups is 1. The Balaban J connectivity index is 2.55. The van der Waals surface area contributed by atoms with Crippen LogP contribution in [0, 0.1) is 6.92 Å². The second-order valence-electron chi connectivity index (χ2n) is 3.07. The van der Waals surface area contributed by atoms with Gasteiger partial charge in [0.05, 0.1) is 6.61 Å². The second kappa shape index (κ2) is 6.16. The van der Waals surface area contributed by atoms with E-state index in [2.05, 4.69) is 9.88 Å². The van der Waals surface area contributed by atoms with Crippen molar-refractivity contribution < 1.29 is 9.78 Å². The standard InChI is InChI=1S/C11H16N2O2/c1-3-14-15-8-13-11(12)10-6-4-5-9(2)7-10/h4-7H,3,8H2,1-2H3,(H2,12,13). The van der Waals surface area contributed by atoms with Crippen molar-refractivity contribution in [3.8, 4) is 0 Å². The minimum absolute atomic E-state index is 0.119. The minimum Gasteiger partial charge on any atom is -0.383 e. The largest absolute Gasteiger partial charge is 0.383 e. The molecule has 1 aromatic carbocycles. The van der Waals surface area contributed by atoms with Gasteiger partial charge in [0.25, 0.3) is 0 Å². The van der Waals surface area contributed by atoms with Gasteiger partial charge in [0.1, 0.15) is 5.84 Å². The lowest BCUT2D eigenvalue weighted by Gasteiger charge is -2.02. The van der Waals surface area contributed by atoms with Crippen molar-refractivity contribution in [1.29, 1.82) is 0 Å². The molecule has 0 aliphatic carbocycles. The summed E-state index contributed by atoms with van der Waals surface area (Å²) < 4.78 is 0. The molecule has 0 unspecified atom stereocenters. The van der Waals surface area contributed by atoms with Gasteiger partial charge in [-0.25, -0.2) is 14.8 Å². The van der Waals surface area contributed by atoms with Crippen molar-refractivity contribution in [1.82, 2.24) is 0 Å². The summed E-state index contributed by atoms with van der Waals surface area (Å²) in [5, 5.41) is 0. The highest BCUT2D eigenvalue weighted by Crippen LogP contribution is 2.03. The van der Waals surface area contributed by atoms with Crippen LogP contribution in [0.1, 0.15) is 18.1 Å². The summed E-state index contributed by atoms with van der Waals surface area (Å²) in [5.74, 6) is 0.457. The van der Waals surface area contributed by atoms with Crippen LogP contribution in [0.3, 0.4) is 0 Å². The lowest BCUT2D eigenvalue weighted by Crippen LogP contribution is -2.14. The molecule has 0 spiro atoms. The summed E-state index contributed by atoms with van der Waals surface area (Å²) in [7, 11) is 0. The molecule has 1 rings (SSSR count). The van der Waals surface area contributed by atoms with Gasteiger partial charge in [-0.2, -0.15) is 0 Å². The van der Waals surface area contributed by atoms with Crippen LogP contribution in [0.5, 0.6) is 0 Å². The molecule has 0 aliphatic rings. The van der Waals surface area contributed by atoms with Crippen LogP contribution in [-0.2, 0) is 9.78 Å². The lowest BCUT2D eigenvalue weighted by molar-refractivity contribution is -0.289. The highest BCUT2D eigenvalue weighted by Gasteiger charge is 1.97. The van der Waals surface area contributed by atoms with E-state index in [1.807, 2.05) is 38.1 Å². The van der Waals surface area contributed by atoms with Gasteiger partial charge in [-0.15, -0.1) is 0 Å². The molecular formula is C11H16N2O2. The van der Waals surface area contributed by atoms with E-state index in [0.29, 0.717) is 12.4 Å². The quantitative estimate of drug-likeness (QED) is 0.263. The smallest absolute Gasteiger partial charge is 0.174 e. The van der Waals surface area contributed by atoms with Crippen LogP contribution in [0.2, 0.25) is 0 Å². The van der Waals surface area contributed by atoms with Crippen LogP contribution >= 0.6 is 0 Å². The van der Waals surface area contributed by atoms with Crippen molar-refractivity contribution in [2.75, 3.05) is 13.3 Å². The van der Waals surface area contributed by atoms with Crippen LogP contribution in [-0.4, -0.2) is 19.2 Å². The summed E-state index contributed by atoms with van der Waals surface area (Å²) >= 11 is 0. The Hall–Kier alpha value is -1.39. The third-order valence-corrected chi connectivity index (χ3v) is 1.80. The van der Waals surface area contributed by atoms with E-state index in [0.717, 1.165) is 11.1 Å². The average molecular weight is 208 g/mol. The molecule has 0 saturated heterocycles. The van der Waals surface area contributed by atoms with Gasteiger partial charge in [-0.1, -0.05) is 23.8 Å². The molecule has 0 fully saturated rings. The van der Waals surface area contributed by atoms with E-state index >= 15 is 0 Å². The van der Waals surface area contributed by atoms with E-state index < -0.39 is 0 Å². The maximum Gasteiger partial charge on any atom is 0.174 e. The molecule has 0 atom stereocenters. The maximum absolute atomic E-state index is 5.76. The number of hydrogen-bond donors (Lipinski definition) is 1. The van der Waals surface area contributed by atoms with E-state index in [9.17, 15) is 0 Å². The molecule has 0 aromatic heterocycles. The molecule has 0 amide bonds.